The average Bonchev–Trinajstić information content (AvgIpc) is 2.32. The lowest BCUT2D eigenvalue weighted by Crippen LogP contribution is -2.41. The molecule has 4 nitrogen and oxygen atoms in total. The molecule has 2 rings (SSSR count). The zero-order valence-electron chi connectivity index (χ0n) is 10.9. The van der Waals surface area contributed by atoms with E-state index in [1.54, 1.807) is 12.1 Å². The molecule has 3 N–H and O–H groups in total. The van der Waals surface area contributed by atoms with E-state index >= 15 is 0 Å². The number of hydrogen-bond acceptors (Lipinski definition) is 3. The van der Waals surface area contributed by atoms with Crippen molar-refractivity contribution in [1.29, 1.82) is 0 Å². The van der Waals surface area contributed by atoms with E-state index in [1.165, 1.54) is 6.42 Å². The van der Waals surface area contributed by atoms with Gasteiger partial charge in [0.2, 0.25) is 0 Å². The summed E-state index contributed by atoms with van der Waals surface area (Å²) in [5.74, 6) is -0.346. The molecule has 1 aliphatic heterocycles. The molecule has 1 heterocycles. The van der Waals surface area contributed by atoms with Gasteiger partial charge in [0.15, 0.2) is 0 Å². The molecule has 0 saturated carbocycles. The van der Waals surface area contributed by atoms with Crippen molar-refractivity contribution in [2.75, 3.05) is 17.2 Å². The SMILES string of the molecule is CC1CCC(C)N(c2cccc(C(=O)O)c2N)C1. The maximum Gasteiger partial charge on any atom is 0.337 e. The third-order valence-corrected chi connectivity index (χ3v) is 3.74. The molecule has 2 unspecified atom stereocenters. The van der Waals surface area contributed by atoms with Gasteiger partial charge in [0, 0.05) is 12.6 Å². The first-order chi connectivity index (χ1) is 8.50. The van der Waals surface area contributed by atoms with Gasteiger partial charge >= 0.3 is 5.97 Å². The van der Waals surface area contributed by atoms with E-state index in [-0.39, 0.29) is 5.56 Å². The zero-order valence-corrected chi connectivity index (χ0v) is 10.9. The molecule has 0 aliphatic carbocycles. The van der Waals surface area contributed by atoms with E-state index in [9.17, 15) is 4.79 Å². The van der Waals surface area contributed by atoms with E-state index in [4.69, 9.17) is 10.8 Å². The topological polar surface area (TPSA) is 66.6 Å². The molecule has 0 spiro atoms. The number of nitrogen functional groups attached to an aromatic ring is 1. The van der Waals surface area contributed by atoms with Crippen LogP contribution in [0, 0.1) is 5.92 Å². The Hall–Kier alpha value is -1.71. The summed E-state index contributed by atoms with van der Waals surface area (Å²) in [4.78, 5) is 13.3. The first-order valence-corrected chi connectivity index (χ1v) is 6.39. The van der Waals surface area contributed by atoms with Crippen molar-refractivity contribution in [3.63, 3.8) is 0 Å². The molecule has 1 saturated heterocycles. The molecule has 0 bridgehead atoms. The molecule has 1 aromatic carbocycles. The van der Waals surface area contributed by atoms with Crippen LogP contribution in [0.25, 0.3) is 0 Å². The van der Waals surface area contributed by atoms with Crippen LogP contribution < -0.4 is 10.6 Å². The van der Waals surface area contributed by atoms with Crippen LogP contribution >= 0.6 is 0 Å². The molecule has 98 valence electrons. The summed E-state index contributed by atoms with van der Waals surface area (Å²) in [6, 6.07) is 5.64. The van der Waals surface area contributed by atoms with E-state index < -0.39 is 5.97 Å². The minimum atomic E-state index is -0.966. The number of aromatic carboxylic acids is 1. The van der Waals surface area contributed by atoms with Gasteiger partial charge in [-0.25, -0.2) is 4.79 Å². The van der Waals surface area contributed by atoms with Crippen molar-refractivity contribution < 1.29 is 9.90 Å². The van der Waals surface area contributed by atoms with E-state index in [1.807, 2.05) is 6.07 Å². The molecular weight excluding hydrogens is 228 g/mol. The highest BCUT2D eigenvalue weighted by Crippen LogP contribution is 2.33. The van der Waals surface area contributed by atoms with Crippen LogP contribution in [0.2, 0.25) is 0 Å². The first kappa shape index (κ1) is 12.7. The smallest absolute Gasteiger partial charge is 0.337 e. The number of nitrogens with two attached hydrogens (primary N) is 1. The third-order valence-electron chi connectivity index (χ3n) is 3.74. The van der Waals surface area contributed by atoms with Gasteiger partial charge in [-0.1, -0.05) is 13.0 Å². The van der Waals surface area contributed by atoms with Crippen LogP contribution in [0.5, 0.6) is 0 Å². The molecule has 0 amide bonds. The summed E-state index contributed by atoms with van der Waals surface area (Å²) in [5.41, 5.74) is 7.43. The Morgan fingerprint density at radius 1 is 1.39 bits per heavy atom. The standard InChI is InChI=1S/C14H20N2O2/c1-9-6-7-10(2)16(8-9)12-5-3-4-11(13(12)15)14(17)18/h3-5,9-10H,6-8,15H2,1-2H3,(H,17,18). The molecule has 1 aliphatic rings. The first-order valence-electron chi connectivity index (χ1n) is 6.39. The second-order valence-corrected chi connectivity index (χ2v) is 5.23. The van der Waals surface area contributed by atoms with Crippen molar-refractivity contribution in [1.82, 2.24) is 0 Å². The van der Waals surface area contributed by atoms with Gasteiger partial charge in [-0.3, -0.25) is 0 Å². The summed E-state index contributed by atoms with van der Waals surface area (Å²) in [7, 11) is 0. The average molecular weight is 248 g/mol. The minimum Gasteiger partial charge on any atom is -0.478 e. The fraction of sp³-hybridized carbons (Fsp3) is 0.500. The fourth-order valence-corrected chi connectivity index (χ4v) is 2.61. The van der Waals surface area contributed by atoms with Crippen LogP contribution in [0.3, 0.4) is 0 Å². The van der Waals surface area contributed by atoms with Gasteiger partial charge in [0.05, 0.1) is 16.9 Å². The second-order valence-electron chi connectivity index (χ2n) is 5.23. The van der Waals surface area contributed by atoms with Crippen LogP contribution in [0.4, 0.5) is 11.4 Å². The van der Waals surface area contributed by atoms with Gasteiger partial charge < -0.3 is 15.7 Å². The third kappa shape index (κ3) is 2.28. The lowest BCUT2D eigenvalue weighted by atomic mass is 9.94. The molecule has 18 heavy (non-hydrogen) atoms. The molecule has 1 aromatic rings. The Balaban J connectivity index is 2.38. The normalized spacial score (nSPS) is 24.0. The summed E-state index contributed by atoms with van der Waals surface area (Å²) < 4.78 is 0. The van der Waals surface area contributed by atoms with Crippen molar-refractivity contribution in [2.45, 2.75) is 32.7 Å². The highest BCUT2D eigenvalue weighted by atomic mass is 16.4. The summed E-state index contributed by atoms with van der Waals surface area (Å²) in [6.07, 6.45) is 2.34. The Morgan fingerprint density at radius 3 is 2.78 bits per heavy atom. The zero-order chi connectivity index (χ0) is 13.3. The van der Waals surface area contributed by atoms with E-state index in [2.05, 4.69) is 18.7 Å². The monoisotopic (exact) mass is 248 g/mol. The number of carboxylic acids is 1. The van der Waals surface area contributed by atoms with Gasteiger partial charge in [-0.15, -0.1) is 0 Å². The molecular formula is C14H20N2O2. The van der Waals surface area contributed by atoms with Crippen molar-refractivity contribution in [3.05, 3.63) is 23.8 Å². The number of para-hydroxylation sites is 1. The van der Waals surface area contributed by atoms with Gasteiger partial charge in [-0.2, -0.15) is 0 Å². The van der Waals surface area contributed by atoms with Crippen molar-refractivity contribution >= 4 is 17.3 Å². The second kappa shape index (κ2) is 4.88. The minimum absolute atomic E-state index is 0.193. The lowest BCUT2D eigenvalue weighted by Gasteiger charge is -2.39. The Bertz CT molecular complexity index is 459. The van der Waals surface area contributed by atoms with Gasteiger partial charge in [0.1, 0.15) is 0 Å². The maximum atomic E-state index is 11.1. The van der Waals surface area contributed by atoms with Crippen molar-refractivity contribution in [3.8, 4) is 0 Å². The van der Waals surface area contributed by atoms with Crippen LogP contribution in [0.15, 0.2) is 18.2 Å². The van der Waals surface area contributed by atoms with Crippen LogP contribution in [0.1, 0.15) is 37.0 Å². The van der Waals surface area contributed by atoms with Gasteiger partial charge in [-0.05, 0) is 37.8 Å². The Morgan fingerprint density at radius 2 is 2.11 bits per heavy atom. The molecule has 0 radical (unpaired) electrons. The summed E-state index contributed by atoms with van der Waals surface area (Å²) in [6.45, 7) is 5.32. The van der Waals surface area contributed by atoms with Crippen LogP contribution in [-0.4, -0.2) is 23.7 Å². The summed E-state index contributed by atoms with van der Waals surface area (Å²) >= 11 is 0. The highest BCUT2D eigenvalue weighted by Gasteiger charge is 2.25. The van der Waals surface area contributed by atoms with Crippen molar-refractivity contribution in [2.24, 2.45) is 5.92 Å². The number of benzene rings is 1. The predicted molar refractivity (Wildman–Crippen MR) is 73.0 cm³/mol. The number of nitrogens with zero attached hydrogens (tertiary/aromatic N) is 1. The predicted octanol–water partition coefficient (Wildman–Crippen LogP) is 2.59. The number of carbonyl (C=O) groups is 1. The maximum absolute atomic E-state index is 11.1. The van der Waals surface area contributed by atoms with Gasteiger partial charge in [0.25, 0.3) is 0 Å². The molecule has 1 fully saturated rings. The number of carboxylic acid groups (broad SMARTS) is 1. The molecule has 4 heteroatoms. The number of hydrogen-bond donors (Lipinski definition) is 2. The highest BCUT2D eigenvalue weighted by molar-refractivity contribution is 5.97. The summed E-state index contributed by atoms with van der Waals surface area (Å²) in [5, 5.41) is 9.11. The lowest BCUT2D eigenvalue weighted by molar-refractivity contribution is 0.0698. The Labute approximate surface area is 107 Å². The van der Waals surface area contributed by atoms with E-state index in [0.29, 0.717) is 17.6 Å². The Kier molecular flexibility index (Phi) is 3.45. The van der Waals surface area contributed by atoms with Crippen LogP contribution in [-0.2, 0) is 0 Å². The molecule has 2 atom stereocenters. The number of rotatable bonds is 2. The quantitative estimate of drug-likeness (QED) is 0.789. The fourth-order valence-electron chi connectivity index (χ4n) is 2.61. The largest absolute Gasteiger partial charge is 0.478 e. The van der Waals surface area contributed by atoms with E-state index in [0.717, 1.165) is 18.7 Å². The number of anilines is 2. The molecule has 0 aromatic heterocycles. The number of piperidine rings is 1.